The van der Waals surface area contributed by atoms with Crippen molar-refractivity contribution in [1.29, 1.82) is 0 Å². The van der Waals surface area contributed by atoms with Crippen molar-refractivity contribution in [1.82, 2.24) is 0 Å². The lowest BCUT2D eigenvalue weighted by Gasteiger charge is -2.16. The van der Waals surface area contributed by atoms with Gasteiger partial charge in [0.05, 0.1) is 10.7 Å². The Morgan fingerprint density at radius 1 is 1.16 bits per heavy atom. The molecule has 0 fully saturated rings. The molecule has 0 bridgehead atoms. The van der Waals surface area contributed by atoms with Crippen LogP contribution in [0.4, 0.5) is 10.1 Å². The van der Waals surface area contributed by atoms with Crippen molar-refractivity contribution in [2.45, 2.75) is 25.8 Å². The molecule has 2 aromatic carbocycles. The molecule has 1 N–H and O–H groups in total. The van der Waals surface area contributed by atoms with E-state index in [1.807, 2.05) is 18.2 Å². The van der Waals surface area contributed by atoms with Crippen LogP contribution in [0.5, 0.6) is 0 Å². The van der Waals surface area contributed by atoms with Crippen LogP contribution in [0, 0.1) is 5.82 Å². The Morgan fingerprint density at radius 3 is 2.63 bits per heavy atom. The Morgan fingerprint density at radius 2 is 1.89 bits per heavy atom. The second-order valence-electron chi connectivity index (χ2n) is 4.69. The molecule has 1 nitrogen and oxygen atoms in total. The third-order valence-electron chi connectivity index (χ3n) is 3.04. The van der Waals surface area contributed by atoms with Gasteiger partial charge in [0.1, 0.15) is 5.82 Å². The van der Waals surface area contributed by atoms with E-state index in [1.54, 1.807) is 6.07 Å². The predicted octanol–water partition coefficient (Wildman–Crippen LogP) is 4.91. The summed E-state index contributed by atoms with van der Waals surface area (Å²) in [6.07, 6.45) is 1.96. The van der Waals surface area contributed by atoms with Crippen molar-refractivity contribution in [3.8, 4) is 0 Å². The first-order valence-corrected chi connectivity index (χ1v) is 6.78. The van der Waals surface area contributed by atoms with E-state index < -0.39 is 0 Å². The van der Waals surface area contributed by atoms with Gasteiger partial charge in [-0.15, -0.1) is 0 Å². The smallest absolute Gasteiger partial charge is 0.125 e. The van der Waals surface area contributed by atoms with Gasteiger partial charge in [-0.1, -0.05) is 41.9 Å². The van der Waals surface area contributed by atoms with Gasteiger partial charge in [0.25, 0.3) is 0 Å². The summed E-state index contributed by atoms with van der Waals surface area (Å²) in [5.74, 6) is -0.276. The molecule has 0 spiro atoms. The van der Waals surface area contributed by atoms with Gasteiger partial charge in [0, 0.05) is 6.04 Å². The topological polar surface area (TPSA) is 12.0 Å². The predicted molar refractivity (Wildman–Crippen MR) is 79.3 cm³/mol. The van der Waals surface area contributed by atoms with Crippen molar-refractivity contribution in [2.75, 3.05) is 5.32 Å². The van der Waals surface area contributed by atoms with Crippen LogP contribution in [0.1, 0.15) is 18.9 Å². The van der Waals surface area contributed by atoms with Crippen LogP contribution in [0.2, 0.25) is 5.02 Å². The monoisotopic (exact) mass is 277 g/mol. The maximum atomic E-state index is 13.1. The largest absolute Gasteiger partial charge is 0.381 e. The average Bonchev–Trinajstić information content (AvgIpc) is 2.42. The van der Waals surface area contributed by atoms with E-state index in [0.29, 0.717) is 10.7 Å². The first-order chi connectivity index (χ1) is 9.15. The lowest BCUT2D eigenvalue weighted by Crippen LogP contribution is -2.16. The highest BCUT2D eigenvalue weighted by Gasteiger charge is 2.06. The Bertz CT molecular complexity index is 528. The van der Waals surface area contributed by atoms with Crippen molar-refractivity contribution in [2.24, 2.45) is 0 Å². The summed E-state index contributed by atoms with van der Waals surface area (Å²) in [7, 11) is 0. The van der Waals surface area contributed by atoms with E-state index in [1.165, 1.54) is 17.7 Å². The second kappa shape index (κ2) is 6.58. The molecule has 0 heterocycles. The summed E-state index contributed by atoms with van der Waals surface area (Å²) < 4.78 is 13.1. The summed E-state index contributed by atoms with van der Waals surface area (Å²) in [6.45, 7) is 2.07. The van der Waals surface area contributed by atoms with Crippen LogP contribution in [-0.2, 0) is 6.42 Å². The van der Waals surface area contributed by atoms with E-state index in [0.717, 1.165) is 12.8 Å². The molecule has 0 saturated carbocycles. The summed E-state index contributed by atoms with van der Waals surface area (Å²) in [6, 6.07) is 14.9. The number of anilines is 1. The third-order valence-corrected chi connectivity index (χ3v) is 3.37. The van der Waals surface area contributed by atoms with E-state index >= 15 is 0 Å². The number of nitrogens with one attached hydrogen (secondary N) is 1. The molecule has 0 aromatic heterocycles. The molecular formula is C16H17ClFN. The van der Waals surface area contributed by atoms with Crippen molar-refractivity contribution >= 4 is 17.3 Å². The van der Waals surface area contributed by atoms with Crippen molar-refractivity contribution in [3.05, 3.63) is 64.9 Å². The zero-order valence-corrected chi connectivity index (χ0v) is 11.6. The number of hydrogen-bond acceptors (Lipinski definition) is 1. The van der Waals surface area contributed by atoms with Gasteiger partial charge in [-0.3, -0.25) is 0 Å². The normalized spacial score (nSPS) is 12.2. The van der Waals surface area contributed by atoms with E-state index in [4.69, 9.17) is 11.6 Å². The van der Waals surface area contributed by atoms with Gasteiger partial charge in [-0.25, -0.2) is 4.39 Å². The third kappa shape index (κ3) is 4.25. The average molecular weight is 278 g/mol. The molecule has 3 heteroatoms. The molecule has 0 radical (unpaired) electrons. The SMILES string of the molecule is CC(CCc1ccccc1)Nc1cc(F)ccc1Cl. The molecule has 19 heavy (non-hydrogen) atoms. The van der Waals surface area contributed by atoms with Gasteiger partial charge in [-0.2, -0.15) is 0 Å². The molecule has 0 amide bonds. The molecule has 2 rings (SSSR count). The van der Waals surface area contributed by atoms with Crippen LogP contribution < -0.4 is 5.32 Å². The number of halogens is 2. The highest BCUT2D eigenvalue weighted by Crippen LogP contribution is 2.23. The molecule has 1 atom stereocenters. The minimum absolute atomic E-state index is 0.236. The van der Waals surface area contributed by atoms with Crippen molar-refractivity contribution < 1.29 is 4.39 Å². The lowest BCUT2D eigenvalue weighted by atomic mass is 10.1. The number of benzene rings is 2. The van der Waals surface area contributed by atoms with Crippen LogP contribution in [-0.4, -0.2) is 6.04 Å². The molecule has 2 aromatic rings. The van der Waals surface area contributed by atoms with Gasteiger partial charge in [0.2, 0.25) is 0 Å². The first-order valence-electron chi connectivity index (χ1n) is 6.40. The highest BCUT2D eigenvalue weighted by molar-refractivity contribution is 6.33. The van der Waals surface area contributed by atoms with Gasteiger partial charge >= 0.3 is 0 Å². The molecular weight excluding hydrogens is 261 g/mol. The first kappa shape index (κ1) is 13.9. The summed E-state index contributed by atoms with van der Waals surface area (Å²) >= 11 is 6.03. The molecule has 100 valence electrons. The van der Waals surface area contributed by atoms with E-state index in [9.17, 15) is 4.39 Å². The fourth-order valence-electron chi connectivity index (χ4n) is 1.97. The minimum atomic E-state index is -0.276. The summed E-state index contributed by atoms with van der Waals surface area (Å²) in [4.78, 5) is 0. The fraction of sp³-hybridized carbons (Fsp3) is 0.250. The van der Waals surface area contributed by atoms with Crippen LogP contribution in [0.25, 0.3) is 0 Å². The van der Waals surface area contributed by atoms with Crippen molar-refractivity contribution in [3.63, 3.8) is 0 Å². The van der Waals surface area contributed by atoms with Crippen LogP contribution in [0.3, 0.4) is 0 Å². The number of hydrogen-bond donors (Lipinski definition) is 1. The van der Waals surface area contributed by atoms with E-state index in [-0.39, 0.29) is 11.9 Å². The standard InChI is InChI=1S/C16H17ClFN/c1-12(7-8-13-5-3-2-4-6-13)19-16-11-14(18)9-10-15(16)17/h2-6,9-12,19H,7-8H2,1H3. The van der Waals surface area contributed by atoms with Crippen LogP contribution >= 0.6 is 11.6 Å². The Kier molecular flexibility index (Phi) is 4.80. The Balaban J connectivity index is 1.90. The highest BCUT2D eigenvalue weighted by atomic mass is 35.5. The molecule has 0 aliphatic rings. The molecule has 1 unspecified atom stereocenters. The molecule has 0 aliphatic carbocycles. The maximum absolute atomic E-state index is 13.1. The zero-order valence-electron chi connectivity index (χ0n) is 10.9. The quantitative estimate of drug-likeness (QED) is 0.818. The van der Waals surface area contributed by atoms with Gasteiger partial charge in [-0.05, 0) is 43.5 Å². The fourth-order valence-corrected chi connectivity index (χ4v) is 2.15. The van der Waals surface area contributed by atoms with Gasteiger partial charge in [0.15, 0.2) is 0 Å². The van der Waals surface area contributed by atoms with Crippen LogP contribution in [0.15, 0.2) is 48.5 Å². The number of rotatable bonds is 5. The second-order valence-corrected chi connectivity index (χ2v) is 5.10. The van der Waals surface area contributed by atoms with Gasteiger partial charge < -0.3 is 5.32 Å². The Hall–Kier alpha value is -1.54. The summed E-state index contributed by atoms with van der Waals surface area (Å²) in [5, 5.41) is 3.80. The Labute approximate surface area is 118 Å². The number of aryl methyl sites for hydroxylation is 1. The summed E-state index contributed by atoms with van der Waals surface area (Å²) in [5.41, 5.74) is 1.96. The zero-order chi connectivity index (χ0) is 13.7. The maximum Gasteiger partial charge on any atom is 0.125 e. The van der Waals surface area contributed by atoms with E-state index in [2.05, 4.69) is 24.4 Å². The minimum Gasteiger partial charge on any atom is -0.381 e. The molecule has 0 aliphatic heterocycles. The molecule has 0 saturated heterocycles. The lowest BCUT2D eigenvalue weighted by molar-refractivity contribution is 0.627.